The van der Waals surface area contributed by atoms with E-state index in [1.165, 1.54) is 42.5 Å². The van der Waals surface area contributed by atoms with Crippen LogP contribution in [0, 0.1) is 21.4 Å². The van der Waals surface area contributed by atoms with Gasteiger partial charge in [0.2, 0.25) is 5.75 Å². The molecular formula is C14H8N2O5. The van der Waals surface area contributed by atoms with Gasteiger partial charge in [0.15, 0.2) is 0 Å². The highest BCUT2D eigenvalue weighted by molar-refractivity contribution is 5.88. The maximum atomic E-state index is 11.0. The molecule has 7 heteroatoms. The zero-order chi connectivity index (χ0) is 15.4. The number of rotatable bonds is 4. The molecule has 0 spiro atoms. The third-order valence-electron chi connectivity index (χ3n) is 2.61. The van der Waals surface area contributed by atoms with E-state index in [1.807, 2.05) is 0 Å². The van der Waals surface area contributed by atoms with Gasteiger partial charge in [-0.25, -0.2) is 4.79 Å². The predicted octanol–water partition coefficient (Wildman–Crippen LogP) is 2.96. The second-order valence-corrected chi connectivity index (χ2v) is 3.96. The molecule has 0 bridgehead atoms. The molecule has 0 atom stereocenters. The molecule has 0 saturated carbocycles. The molecule has 1 N–H and O–H groups in total. The highest BCUT2D eigenvalue weighted by atomic mass is 16.6. The highest BCUT2D eigenvalue weighted by Crippen LogP contribution is 2.34. The Kier molecular flexibility index (Phi) is 3.81. The molecular weight excluding hydrogens is 276 g/mol. The second kappa shape index (κ2) is 5.71. The van der Waals surface area contributed by atoms with Gasteiger partial charge in [0.1, 0.15) is 17.4 Å². The number of nitriles is 1. The Balaban J connectivity index is 2.45. The quantitative estimate of drug-likeness (QED) is 0.682. The number of ether oxygens (including phenoxy) is 1. The van der Waals surface area contributed by atoms with Gasteiger partial charge in [-0.05, 0) is 30.3 Å². The summed E-state index contributed by atoms with van der Waals surface area (Å²) in [5, 5.41) is 28.8. The number of para-hydroxylation sites is 1. The number of nitro groups is 1. The van der Waals surface area contributed by atoms with Crippen LogP contribution in [0.2, 0.25) is 0 Å². The monoisotopic (exact) mass is 284 g/mol. The lowest BCUT2D eigenvalue weighted by Crippen LogP contribution is -1.98. The molecule has 2 rings (SSSR count). The van der Waals surface area contributed by atoms with Crippen molar-refractivity contribution >= 4 is 11.7 Å². The smallest absolute Gasteiger partial charge is 0.335 e. The summed E-state index contributed by atoms with van der Waals surface area (Å²) in [6.45, 7) is 0. The number of aromatic carboxylic acids is 1. The van der Waals surface area contributed by atoms with Gasteiger partial charge < -0.3 is 9.84 Å². The molecule has 0 aromatic heterocycles. The van der Waals surface area contributed by atoms with E-state index in [1.54, 1.807) is 6.07 Å². The van der Waals surface area contributed by atoms with Crippen molar-refractivity contribution in [2.24, 2.45) is 0 Å². The molecule has 0 aliphatic carbocycles. The maximum absolute atomic E-state index is 11.0. The SMILES string of the molecule is N#Cc1cccc(Oc2cccc(C(=O)O)c2)c1[N+](=O)[O-]. The molecule has 0 aliphatic heterocycles. The summed E-state index contributed by atoms with van der Waals surface area (Å²) in [5.41, 5.74) is -0.598. The summed E-state index contributed by atoms with van der Waals surface area (Å²) in [6, 6.07) is 11.3. The lowest BCUT2D eigenvalue weighted by molar-refractivity contribution is -0.385. The van der Waals surface area contributed by atoms with E-state index in [4.69, 9.17) is 15.1 Å². The van der Waals surface area contributed by atoms with Crippen LogP contribution in [-0.4, -0.2) is 16.0 Å². The van der Waals surface area contributed by atoms with Gasteiger partial charge in [0.25, 0.3) is 0 Å². The number of benzene rings is 2. The third-order valence-corrected chi connectivity index (χ3v) is 2.61. The molecule has 0 saturated heterocycles. The van der Waals surface area contributed by atoms with Crippen LogP contribution in [0.4, 0.5) is 5.69 Å². The number of hydrogen-bond acceptors (Lipinski definition) is 5. The summed E-state index contributed by atoms with van der Waals surface area (Å²) in [6.07, 6.45) is 0. The third kappa shape index (κ3) is 2.96. The number of carboxylic acid groups (broad SMARTS) is 1. The van der Waals surface area contributed by atoms with Crippen molar-refractivity contribution < 1.29 is 19.6 Å². The minimum absolute atomic E-state index is 0.00779. The largest absolute Gasteiger partial charge is 0.478 e. The van der Waals surface area contributed by atoms with Crippen LogP contribution in [0.1, 0.15) is 15.9 Å². The van der Waals surface area contributed by atoms with Crippen molar-refractivity contribution in [3.63, 3.8) is 0 Å². The lowest BCUT2D eigenvalue weighted by atomic mass is 10.2. The summed E-state index contributed by atoms with van der Waals surface area (Å²) >= 11 is 0. The second-order valence-electron chi connectivity index (χ2n) is 3.96. The first-order valence-corrected chi connectivity index (χ1v) is 5.71. The zero-order valence-corrected chi connectivity index (χ0v) is 10.5. The van der Waals surface area contributed by atoms with Crippen molar-refractivity contribution in [2.75, 3.05) is 0 Å². The lowest BCUT2D eigenvalue weighted by Gasteiger charge is -2.07. The van der Waals surface area contributed by atoms with E-state index in [9.17, 15) is 14.9 Å². The van der Waals surface area contributed by atoms with E-state index in [0.29, 0.717) is 0 Å². The molecule has 0 amide bonds. The number of hydrogen-bond donors (Lipinski definition) is 1. The van der Waals surface area contributed by atoms with Gasteiger partial charge in [0, 0.05) is 0 Å². The molecule has 7 nitrogen and oxygen atoms in total. The zero-order valence-electron chi connectivity index (χ0n) is 10.5. The van der Waals surface area contributed by atoms with E-state index in [-0.39, 0.29) is 22.6 Å². The number of nitro benzene ring substituents is 1. The normalized spacial score (nSPS) is 9.67. The van der Waals surface area contributed by atoms with Gasteiger partial charge in [-0.15, -0.1) is 0 Å². The first kappa shape index (κ1) is 14.0. The minimum atomic E-state index is -1.14. The Hall–Kier alpha value is -3.40. The molecule has 0 aliphatic rings. The van der Waals surface area contributed by atoms with Crippen LogP contribution in [0.5, 0.6) is 11.5 Å². The number of carbonyl (C=O) groups is 1. The van der Waals surface area contributed by atoms with Crippen LogP contribution >= 0.6 is 0 Å². The van der Waals surface area contributed by atoms with Crippen LogP contribution < -0.4 is 4.74 Å². The highest BCUT2D eigenvalue weighted by Gasteiger charge is 2.21. The Morgan fingerprint density at radius 3 is 2.62 bits per heavy atom. The van der Waals surface area contributed by atoms with Gasteiger partial charge in [0.05, 0.1) is 10.5 Å². The first-order chi connectivity index (χ1) is 10.0. The van der Waals surface area contributed by atoms with Crippen LogP contribution in [0.25, 0.3) is 0 Å². The topological polar surface area (TPSA) is 113 Å². The number of nitrogens with zero attached hydrogens (tertiary/aromatic N) is 2. The molecule has 2 aromatic rings. The van der Waals surface area contributed by atoms with E-state index >= 15 is 0 Å². The molecule has 0 heterocycles. The van der Waals surface area contributed by atoms with Crippen LogP contribution in [0.3, 0.4) is 0 Å². The Morgan fingerprint density at radius 2 is 2.00 bits per heavy atom. The molecule has 0 radical (unpaired) electrons. The summed E-state index contributed by atoms with van der Waals surface area (Å²) in [5.74, 6) is -1.13. The van der Waals surface area contributed by atoms with Gasteiger partial charge >= 0.3 is 11.7 Å². The van der Waals surface area contributed by atoms with Crippen LogP contribution in [0.15, 0.2) is 42.5 Å². The standard InChI is InChI=1S/C14H8N2O5/c15-8-10-4-2-6-12(13(10)16(19)20)21-11-5-1-3-9(7-11)14(17)18/h1-7H,(H,17,18). The number of carboxylic acids is 1. The molecule has 2 aromatic carbocycles. The fourth-order valence-corrected chi connectivity index (χ4v) is 1.70. The van der Waals surface area contributed by atoms with Crippen molar-refractivity contribution in [3.05, 3.63) is 63.7 Å². The Labute approximate surface area is 118 Å². The fourth-order valence-electron chi connectivity index (χ4n) is 1.70. The maximum Gasteiger partial charge on any atom is 0.335 e. The van der Waals surface area contributed by atoms with Crippen LogP contribution in [-0.2, 0) is 0 Å². The molecule has 0 unspecified atom stereocenters. The molecule has 21 heavy (non-hydrogen) atoms. The Bertz CT molecular complexity index is 764. The fraction of sp³-hybridized carbons (Fsp3) is 0. The summed E-state index contributed by atoms with van der Waals surface area (Å²) < 4.78 is 5.35. The van der Waals surface area contributed by atoms with Crippen molar-refractivity contribution in [2.45, 2.75) is 0 Å². The van der Waals surface area contributed by atoms with Crippen molar-refractivity contribution in [1.29, 1.82) is 5.26 Å². The Morgan fingerprint density at radius 1 is 1.29 bits per heavy atom. The average molecular weight is 284 g/mol. The average Bonchev–Trinajstić information content (AvgIpc) is 2.46. The van der Waals surface area contributed by atoms with Crippen molar-refractivity contribution in [3.8, 4) is 17.6 Å². The predicted molar refractivity (Wildman–Crippen MR) is 71.3 cm³/mol. The van der Waals surface area contributed by atoms with E-state index < -0.39 is 16.6 Å². The van der Waals surface area contributed by atoms with Gasteiger partial charge in [-0.1, -0.05) is 12.1 Å². The van der Waals surface area contributed by atoms with E-state index in [0.717, 1.165) is 0 Å². The van der Waals surface area contributed by atoms with Gasteiger partial charge in [-0.3, -0.25) is 10.1 Å². The summed E-state index contributed by atoms with van der Waals surface area (Å²) in [7, 11) is 0. The minimum Gasteiger partial charge on any atom is -0.478 e. The molecule has 0 fully saturated rings. The van der Waals surface area contributed by atoms with Crippen molar-refractivity contribution in [1.82, 2.24) is 0 Å². The van der Waals surface area contributed by atoms with Gasteiger partial charge in [-0.2, -0.15) is 5.26 Å². The summed E-state index contributed by atoms with van der Waals surface area (Å²) in [4.78, 5) is 21.2. The molecule has 104 valence electrons. The van der Waals surface area contributed by atoms with E-state index in [2.05, 4.69) is 0 Å². The first-order valence-electron chi connectivity index (χ1n) is 5.71.